The van der Waals surface area contributed by atoms with Crippen molar-refractivity contribution in [1.29, 1.82) is 0 Å². The van der Waals surface area contributed by atoms with Gasteiger partial charge < -0.3 is 10.4 Å². The predicted octanol–water partition coefficient (Wildman–Crippen LogP) is 4.84. The van der Waals surface area contributed by atoms with Crippen LogP contribution in [0.15, 0.2) is 48.6 Å². The molecule has 1 aliphatic heterocycles. The first kappa shape index (κ1) is 13.4. The third-order valence-corrected chi connectivity index (χ3v) is 5.20. The minimum atomic E-state index is 0.300. The number of hydrogen-bond donors (Lipinski definition) is 2. The van der Waals surface area contributed by atoms with Crippen LogP contribution in [-0.4, -0.2) is 5.11 Å². The molecular formula is C20H21NO. The van der Waals surface area contributed by atoms with Crippen molar-refractivity contribution in [1.82, 2.24) is 0 Å². The molecule has 3 unspecified atom stereocenters. The minimum Gasteiger partial charge on any atom is -0.508 e. The molecule has 0 radical (unpaired) electrons. The van der Waals surface area contributed by atoms with Crippen molar-refractivity contribution in [3.63, 3.8) is 0 Å². The number of phenolic OH excluding ortho intramolecular Hbond substituents is 1. The average Bonchev–Trinajstić information content (AvgIpc) is 3.00. The molecule has 4 rings (SSSR count). The van der Waals surface area contributed by atoms with Crippen LogP contribution < -0.4 is 5.32 Å². The van der Waals surface area contributed by atoms with Crippen molar-refractivity contribution < 1.29 is 5.11 Å². The molecule has 22 heavy (non-hydrogen) atoms. The monoisotopic (exact) mass is 291 g/mol. The number of anilines is 1. The summed E-state index contributed by atoms with van der Waals surface area (Å²) in [4.78, 5) is 0. The number of phenols is 1. The van der Waals surface area contributed by atoms with Gasteiger partial charge in [-0.3, -0.25) is 0 Å². The highest BCUT2D eigenvalue weighted by Gasteiger charge is 2.39. The summed E-state index contributed by atoms with van der Waals surface area (Å²) < 4.78 is 0. The highest BCUT2D eigenvalue weighted by Crippen LogP contribution is 2.51. The average molecular weight is 291 g/mol. The smallest absolute Gasteiger partial charge is 0.115 e. The second-order valence-corrected chi connectivity index (χ2v) is 6.56. The number of allylic oxidation sites excluding steroid dienone is 2. The topological polar surface area (TPSA) is 32.3 Å². The molecule has 0 amide bonds. The fourth-order valence-electron chi connectivity index (χ4n) is 4.05. The molecule has 2 heteroatoms. The van der Waals surface area contributed by atoms with E-state index in [4.69, 9.17) is 0 Å². The van der Waals surface area contributed by atoms with Gasteiger partial charge in [0.1, 0.15) is 5.75 Å². The third kappa shape index (κ3) is 1.94. The summed E-state index contributed by atoms with van der Waals surface area (Å²) in [7, 11) is 0. The Morgan fingerprint density at radius 3 is 2.50 bits per heavy atom. The van der Waals surface area contributed by atoms with Gasteiger partial charge in [0.15, 0.2) is 0 Å². The van der Waals surface area contributed by atoms with E-state index in [1.807, 2.05) is 12.1 Å². The molecule has 2 nitrogen and oxygen atoms in total. The van der Waals surface area contributed by atoms with E-state index in [2.05, 4.69) is 43.4 Å². The van der Waals surface area contributed by atoms with Gasteiger partial charge >= 0.3 is 0 Å². The van der Waals surface area contributed by atoms with E-state index >= 15 is 0 Å². The second-order valence-electron chi connectivity index (χ2n) is 6.56. The highest BCUT2D eigenvalue weighted by molar-refractivity contribution is 5.66. The summed E-state index contributed by atoms with van der Waals surface area (Å²) in [6, 6.07) is 12.4. The van der Waals surface area contributed by atoms with Crippen molar-refractivity contribution >= 4 is 5.69 Å². The molecule has 0 fully saturated rings. The summed E-state index contributed by atoms with van der Waals surface area (Å²) >= 11 is 0. The Bertz CT molecular complexity index is 745. The van der Waals surface area contributed by atoms with Crippen molar-refractivity contribution in [2.24, 2.45) is 5.92 Å². The molecular weight excluding hydrogens is 270 g/mol. The van der Waals surface area contributed by atoms with Crippen LogP contribution in [0.3, 0.4) is 0 Å². The number of nitrogens with one attached hydrogen (secondary N) is 1. The summed E-state index contributed by atoms with van der Waals surface area (Å²) in [6.45, 7) is 4.39. The quantitative estimate of drug-likeness (QED) is 0.737. The van der Waals surface area contributed by atoms with E-state index in [0.717, 1.165) is 6.42 Å². The zero-order valence-corrected chi connectivity index (χ0v) is 13.0. The Hall–Kier alpha value is -2.22. The van der Waals surface area contributed by atoms with Crippen molar-refractivity contribution in [3.05, 3.63) is 70.8 Å². The van der Waals surface area contributed by atoms with Gasteiger partial charge in [0, 0.05) is 11.6 Å². The van der Waals surface area contributed by atoms with Crippen LogP contribution >= 0.6 is 0 Å². The lowest BCUT2D eigenvalue weighted by atomic mass is 9.75. The largest absolute Gasteiger partial charge is 0.508 e. The normalized spacial score (nSPS) is 25.5. The molecule has 0 bridgehead atoms. The number of benzene rings is 2. The number of hydrogen-bond acceptors (Lipinski definition) is 2. The van der Waals surface area contributed by atoms with Crippen molar-refractivity contribution in [2.45, 2.75) is 32.2 Å². The lowest BCUT2D eigenvalue weighted by molar-refractivity contribution is 0.423. The van der Waals surface area contributed by atoms with Crippen LogP contribution in [-0.2, 0) is 0 Å². The minimum absolute atomic E-state index is 0.300. The Morgan fingerprint density at radius 2 is 1.73 bits per heavy atom. The van der Waals surface area contributed by atoms with Crippen LogP contribution in [0.1, 0.15) is 40.6 Å². The number of rotatable bonds is 1. The van der Waals surface area contributed by atoms with Gasteiger partial charge in [-0.15, -0.1) is 0 Å². The fraction of sp³-hybridized carbons (Fsp3) is 0.300. The molecule has 3 atom stereocenters. The Kier molecular flexibility index (Phi) is 3.00. The van der Waals surface area contributed by atoms with Crippen LogP contribution in [0.4, 0.5) is 5.69 Å². The van der Waals surface area contributed by atoms with Gasteiger partial charge in [-0.25, -0.2) is 0 Å². The van der Waals surface area contributed by atoms with E-state index in [1.54, 1.807) is 12.1 Å². The molecule has 112 valence electrons. The maximum absolute atomic E-state index is 9.55. The summed E-state index contributed by atoms with van der Waals surface area (Å²) in [5, 5.41) is 13.3. The number of aromatic hydroxyl groups is 1. The molecule has 1 heterocycles. The first-order valence-corrected chi connectivity index (χ1v) is 7.97. The van der Waals surface area contributed by atoms with Crippen LogP contribution in [0.5, 0.6) is 5.75 Å². The second kappa shape index (κ2) is 4.91. The number of fused-ring (bicyclic) bond motifs is 3. The van der Waals surface area contributed by atoms with Crippen molar-refractivity contribution in [3.8, 4) is 5.75 Å². The molecule has 1 aliphatic carbocycles. The van der Waals surface area contributed by atoms with Gasteiger partial charge in [0.2, 0.25) is 0 Å². The standard InChI is InChI=1S/C20H21NO/c1-12-6-7-13(2)19-18(12)16-4-3-5-17(16)20(21-19)14-8-10-15(22)11-9-14/h3-4,6-11,16-17,20-22H,5H2,1-2H3. The maximum atomic E-state index is 9.55. The van der Waals surface area contributed by atoms with E-state index in [1.165, 1.54) is 27.9 Å². The molecule has 0 saturated carbocycles. The van der Waals surface area contributed by atoms with Crippen LogP contribution in [0.25, 0.3) is 0 Å². The van der Waals surface area contributed by atoms with Gasteiger partial charge in [0.05, 0.1) is 6.04 Å². The summed E-state index contributed by atoms with van der Waals surface area (Å²) in [5.41, 5.74) is 6.70. The molecule has 0 saturated heterocycles. The number of aryl methyl sites for hydroxylation is 2. The van der Waals surface area contributed by atoms with E-state index in [9.17, 15) is 5.11 Å². The first-order chi connectivity index (χ1) is 10.6. The van der Waals surface area contributed by atoms with Gasteiger partial charge in [-0.2, -0.15) is 0 Å². The lowest BCUT2D eigenvalue weighted by Crippen LogP contribution is -2.30. The van der Waals surface area contributed by atoms with E-state index in [-0.39, 0.29) is 0 Å². The van der Waals surface area contributed by atoms with Gasteiger partial charge in [0.25, 0.3) is 0 Å². The maximum Gasteiger partial charge on any atom is 0.115 e. The lowest BCUT2D eigenvalue weighted by Gasteiger charge is -2.39. The first-order valence-electron chi connectivity index (χ1n) is 7.97. The zero-order chi connectivity index (χ0) is 15.3. The van der Waals surface area contributed by atoms with Gasteiger partial charge in [-0.05, 0) is 60.6 Å². The fourth-order valence-corrected chi connectivity index (χ4v) is 4.05. The van der Waals surface area contributed by atoms with Crippen LogP contribution in [0.2, 0.25) is 0 Å². The third-order valence-electron chi connectivity index (χ3n) is 5.20. The SMILES string of the molecule is Cc1ccc(C)c2c1NC(c1ccc(O)cc1)C1CC=CC21. The molecule has 2 aliphatic rings. The predicted molar refractivity (Wildman–Crippen MR) is 90.4 cm³/mol. The Morgan fingerprint density at radius 1 is 1.00 bits per heavy atom. The highest BCUT2D eigenvalue weighted by atomic mass is 16.3. The summed E-state index contributed by atoms with van der Waals surface area (Å²) in [6.07, 6.45) is 5.81. The molecule has 0 spiro atoms. The molecule has 0 aromatic heterocycles. The van der Waals surface area contributed by atoms with E-state index in [0.29, 0.717) is 23.6 Å². The molecule has 2 aromatic rings. The Balaban J connectivity index is 1.84. The molecule has 2 aromatic carbocycles. The Labute approximate surface area is 131 Å². The summed E-state index contributed by atoms with van der Waals surface area (Å²) in [5.74, 6) is 1.38. The van der Waals surface area contributed by atoms with Crippen LogP contribution in [0, 0.1) is 19.8 Å². The van der Waals surface area contributed by atoms with E-state index < -0.39 is 0 Å². The van der Waals surface area contributed by atoms with Gasteiger partial charge in [-0.1, -0.05) is 36.4 Å². The molecule has 2 N–H and O–H groups in total. The zero-order valence-electron chi connectivity index (χ0n) is 13.0. The van der Waals surface area contributed by atoms with Crippen molar-refractivity contribution in [2.75, 3.05) is 5.32 Å².